The van der Waals surface area contributed by atoms with E-state index in [1.54, 1.807) is 42.5 Å². The Kier molecular flexibility index (Phi) is 5.59. The summed E-state index contributed by atoms with van der Waals surface area (Å²) in [4.78, 5) is 4.50. The molecule has 4 aromatic rings. The molecule has 152 valence electrons. The van der Waals surface area contributed by atoms with Crippen molar-refractivity contribution < 1.29 is 17.6 Å². The Morgan fingerprint density at radius 2 is 1.60 bits per heavy atom. The predicted octanol–water partition coefficient (Wildman–Crippen LogP) is 4.89. The maximum Gasteiger partial charge on any atom is 0.238 e. The molecule has 0 saturated carbocycles. The molecule has 0 radical (unpaired) electrons. The van der Waals surface area contributed by atoms with Crippen LogP contribution in [0, 0.1) is 0 Å². The Morgan fingerprint density at radius 1 is 0.933 bits per heavy atom. The van der Waals surface area contributed by atoms with Crippen LogP contribution < -0.4 is 9.88 Å². The summed E-state index contributed by atoms with van der Waals surface area (Å²) in [5.74, 6) is 1.33. The molecule has 0 aliphatic heterocycles. The van der Waals surface area contributed by atoms with Crippen molar-refractivity contribution in [2.75, 3.05) is 0 Å². The van der Waals surface area contributed by atoms with E-state index in [2.05, 4.69) is 4.98 Å². The molecule has 6 nitrogen and oxygen atoms in total. The molecular weight excluding hydrogens is 424 g/mol. The van der Waals surface area contributed by atoms with Crippen LogP contribution in [0.5, 0.6) is 5.75 Å². The molecule has 0 saturated heterocycles. The van der Waals surface area contributed by atoms with Gasteiger partial charge < -0.3 is 9.15 Å². The minimum absolute atomic E-state index is 0.0272. The summed E-state index contributed by atoms with van der Waals surface area (Å²) >= 11 is 5.89. The molecule has 2 N–H and O–H groups in total. The zero-order valence-electron chi connectivity index (χ0n) is 15.7. The molecule has 4 rings (SSSR count). The number of benzene rings is 3. The second-order valence-corrected chi connectivity index (χ2v) is 8.40. The van der Waals surface area contributed by atoms with Crippen LogP contribution >= 0.6 is 11.6 Å². The first-order valence-electron chi connectivity index (χ1n) is 8.97. The van der Waals surface area contributed by atoms with E-state index in [1.165, 1.54) is 6.07 Å². The van der Waals surface area contributed by atoms with E-state index in [9.17, 15) is 8.42 Å². The number of hydrogen-bond acceptors (Lipinski definition) is 5. The van der Waals surface area contributed by atoms with Gasteiger partial charge in [0.25, 0.3) is 0 Å². The number of aromatic nitrogens is 1. The molecule has 0 fully saturated rings. The fourth-order valence-electron chi connectivity index (χ4n) is 2.98. The lowest BCUT2D eigenvalue weighted by molar-refractivity contribution is 0.264. The smallest absolute Gasteiger partial charge is 0.238 e. The van der Waals surface area contributed by atoms with E-state index in [0.29, 0.717) is 33.7 Å². The standard InChI is InChI=1S/C22H17ClN2O4S/c23-16-10-12-17(13-11-16)28-14-20-25-21(22(29-20)15-6-2-1-3-7-15)18-8-4-5-9-19(18)30(24,26)27/h1-13H,14H2,(H2,24,26,27). The van der Waals surface area contributed by atoms with Crippen molar-refractivity contribution in [1.82, 2.24) is 4.98 Å². The zero-order valence-corrected chi connectivity index (χ0v) is 17.2. The highest BCUT2D eigenvalue weighted by atomic mass is 35.5. The van der Waals surface area contributed by atoms with Crippen molar-refractivity contribution in [3.63, 3.8) is 0 Å². The molecule has 1 heterocycles. The molecule has 8 heteroatoms. The number of oxazole rings is 1. The third kappa shape index (κ3) is 4.38. The first kappa shape index (κ1) is 20.2. The molecule has 3 aromatic carbocycles. The zero-order chi connectivity index (χ0) is 21.1. The van der Waals surface area contributed by atoms with Gasteiger partial charge in [0, 0.05) is 16.1 Å². The van der Waals surface area contributed by atoms with E-state index < -0.39 is 10.0 Å². The number of ether oxygens (including phenoxy) is 1. The van der Waals surface area contributed by atoms with E-state index in [-0.39, 0.29) is 11.5 Å². The monoisotopic (exact) mass is 440 g/mol. The average Bonchev–Trinajstić information content (AvgIpc) is 3.18. The van der Waals surface area contributed by atoms with Crippen molar-refractivity contribution in [3.8, 4) is 28.3 Å². The predicted molar refractivity (Wildman–Crippen MR) is 115 cm³/mol. The van der Waals surface area contributed by atoms with Crippen LogP contribution in [0.2, 0.25) is 5.02 Å². The van der Waals surface area contributed by atoms with Gasteiger partial charge in [-0.1, -0.05) is 60.1 Å². The van der Waals surface area contributed by atoms with Crippen molar-refractivity contribution in [1.29, 1.82) is 0 Å². The van der Waals surface area contributed by atoms with Crippen molar-refractivity contribution >= 4 is 21.6 Å². The van der Waals surface area contributed by atoms with Gasteiger partial charge in [-0.05, 0) is 30.3 Å². The highest BCUT2D eigenvalue weighted by Gasteiger charge is 2.23. The van der Waals surface area contributed by atoms with Gasteiger partial charge in [0.1, 0.15) is 11.4 Å². The summed E-state index contributed by atoms with van der Waals surface area (Å²) in [7, 11) is -3.96. The number of hydrogen-bond donors (Lipinski definition) is 1. The quantitative estimate of drug-likeness (QED) is 0.460. The Hall–Kier alpha value is -3.13. The fraction of sp³-hybridized carbons (Fsp3) is 0.0455. The van der Waals surface area contributed by atoms with Crippen molar-refractivity contribution in [3.05, 3.63) is 89.8 Å². The second-order valence-electron chi connectivity index (χ2n) is 6.44. The van der Waals surface area contributed by atoms with E-state index in [1.807, 2.05) is 30.3 Å². The van der Waals surface area contributed by atoms with Crippen LogP contribution in [0.3, 0.4) is 0 Å². The third-order valence-corrected chi connectivity index (χ3v) is 5.55. The number of primary sulfonamides is 1. The van der Waals surface area contributed by atoms with Crippen molar-refractivity contribution in [2.45, 2.75) is 11.5 Å². The number of sulfonamides is 1. The normalized spacial score (nSPS) is 11.4. The third-order valence-electron chi connectivity index (χ3n) is 4.33. The molecule has 0 aliphatic carbocycles. The summed E-state index contributed by atoms with van der Waals surface area (Å²) in [5, 5.41) is 6.02. The molecule has 0 bridgehead atoms. The number of nitrogens with two attached hydrogens (primary N) is 1. The molecule has 0 aliphatic rings. The summed E-state index contributed by atoms with van der Waals surface area (Å²) in [6, 6.07) is 22.6. The molecule has 0 unspecified atom stereocenters. The van der Waals surface area contributed by atoms with E-state index in [4.69, 9.17) is 25.9 Å². The molecular formula is C22H17ClN2O4S. The van der Waals surface area contributed by atoms with Crippen LogP contribution in [0.25, 0.3) is 22.6 Å². The van der Waals surface area contributed by atoms with E-state index >= 15 is 0 Å². The average molecular weight is 441 g/mol. The highest BCUT2D eigenvalue weighted by Crippen LogP contribution is 2.36. The lowest BCUT2D eigenvalue weighted by atomic mass is 10.1. The van der Waals surface area contributed by atoms with Gasteiger partial charge in [0.05, 0.1) is 4.90 Å². The van der Waals surface area contributed by atoms with Gasteiger partial charge in [-0.25, -0.2) is 18.5 Å². The van der Waals surface area contributed by atoms with Crippen LogP contribution in [0.1, 0.15) is 5.89 Å². The molecule has 0 amide bonds. The Bertz CT molecular complexity index is 1270. The maximum atomic E-state index is 12.1. The van der Waals surface area contributed by atoms with Gasteiger partial charge in [-0.3, -0.25) is 0 Å². The summed E-state index contributed by atoms with van der Waals surface area (Å²) in [6.07, 6.45) is 0. The van der Waals surface area contributed by atoms with Gasteiger partial charge in [0.15, 0.2) is 12.4 Å². The maximum absolute atomic E-state index is 12.1. The van der Waals surface area contributed by atoms with Gasteiger partial charge >= 0.3 is 0 Å². The summed E-state index contributed by atoms with van der Waals surface area (Å²) in [6.45, 7) is 0.0546. The number of halogens is 1. The Morgan fingerprint density at radius 3 is 2.30 bits per heavy atom. The minimum Gasteiger partial charge on any atom is -0.484 e. The molecule has 0 spiro atoms. The first-order chi connectivity index (χ1) is 14.4. The minimum atomic E-state index is -3.96. The van der Waals surface area contributed by atoms with Crippen LogP contribution in [-0.4, -0.2) is 13.4 Å². The van der Waals surface area contributed by atoms with E-state index in [0.717, 1.165) is 5.56 Å². The largest absolute Gasteiger partial charge is 0.484 e. The fourth-order valence-corrected chi connectivity index (χ4v) is 3.85. The summed E-state index contributed by atoms with van der Waals surface area (Å²) < 4.78 is 35.9. The first-order valence-corrected chi connectivity index (χ1v) is 10.9. The number of rotatable bonds is 6. The SMILES string of the molecule is NS(=O)(=O)c1ccccc1-c1nc(COc2ccc(Cl)cc2)oc1-c1ccccc1. The summed E-state index contributed by atoms with van der Waals surface area (Å²) in [5.41, 5.74) is 1.49. The van der Waals surface area contributed by atoms with Crippen molar-refractivity contribution in [2.24, 2.45) is 5.14 Å². The van der Waals surface area contributed by atoms with Crippen LogP contribution in [0.15, 0.2) is 88.2 Å². The van der Waals surface area contributed by atoms with Gasteiger partial charge in [0.2, 0.25) is 15.9 Å². The highest BCUT2D eigenvalue weighted by molar-refractivity contribution is 7.89. The lowest BCUT2D eigenvalue weighted by Crippen LogP contribution is -2.13. The van der Waals surface area contributed by atoms with Crippen LogP contribution in [-0.2, 0) is 16.6 Å². The molecule has 0 atom stereocenters. The van der Waals surface area contributed by atoms with Gasteiger partial charge in [-0.15, -0.1) is 0 Å². The second kappa shape index (κ2) is 8.31. The lowest BCUT2D eigenvalue weighted by Gasteiger charge is -2.06. The Balaban J connectivity index is 1.77. The number of nitrogens with zero attached hydrogens (tertiary/aromatic N) is 1. The van der Waals surface area contributed by atoms with Crippen LogP contribution in [0.4, 0.5) is 0 Å². The molecule has 1 aromatic heterocycles. The topological polar surface area (TPSA) is 95.4 Å². The molecule has 30 heavy (non-hydrogen) atoms. The Labute approximate surface area is 178 Å². The van der Waals surface area contributed by atoms with Gasteiger partial charge in [-0.2, -0.15) is 0 Å².